The predicted molar refractivity (Wildman–Crippen MR) is 106 cm³/mol. The maximum absolute atomic E-state index is 4.85. The van der Waals surface area contributed by atoms with Gasteiger partial charge in [0.2, 0.25) is 5.95 Å². The number of hydrogen-bond donors (Lipinski definition) is 3. The van der Waals surface area contributed by atoms with Crippen LogP contribution >= 0.6 is 0 Å². The van der Waals surface area contributed by atoms with E-state index in [4.69, 9.17) is 10.1 Å². The molecule has 2 saturated heterocycles. The standard InChI is InChI=1S/C19H26N8/c1-2-9-26(10-3-1)18-16(14-11-21-22-12-14)6-7-17-24-19(25-27(17)18)23-15-5-4-8-20-13-15/h6-7,11-12,15,20H,1-5,8-10,13H2,(H,21,22)(H,23,25). The molecule has 142 valence electrons. The van der Waals surface area contributed by atoms with Gasteiger partial charge in [-0.3, -0.25) is 5.10 Å². The van der Waals surface area contributed by atoms with Gasteiger partial charge in [-0.15, -0.1) is 5.10 Å². The van der Waals surface area contributed by atoms with E-state index in [9.17, 15) is 0 Å². The van der Waals surface area contributed by atoms with Crippen molar-refractivity contribution < 1.29 is 0 Å². The maximum Gasteiger partial charge on any atom is 0.243 e. The second-order valence-corrected chi connectivity index (χ2v) is 7.50. The first-order valence-corrected chi connectivity index (χ1v) is 9.99. The summed E-state index contributed by atoms with van der Waals surface area (Å²) in [5, 5.41) is 18.9. The van der Waals surface area contributed by atoms with Gasteiger partial charge in [0.1, 0.15) is 5.82 Å². The fraction of sp³-hybridized carbons (Fsp3) is 0.526. The third kappa shape index (κ3) is 3.25. The average molecular weight is 366 g/mol. The van der Waals surface area contributed by atoms with Gasteiger partial charge < -0.3 is 15.5 Å². The molecule has 0 amide bonds. The molecule has 8 nitrogen and oxygen atoms in total. The minimum atomic E-state index is 0.392. The Morgan fingerprint density at radius 1 is 1.11 bits per heavy atom. The molecule has 0 aliphatic carbocycles. The van der Waals surface area contributed by atoms with Crippen molar-refractivity contribution in [3.63, 3.8) is 0 Å². The van der Waals surface area contributed by atoms with Crippen LogP contribution in [-0.2, 0) is 0 Å². The normalized spacial score (nSPS) is 20.9. The highest BCUT2D eigenvalue weighted by molar-refractivity contribution is 5.78. The summed E-state index contributed by atoms with van der Waals surface area (Å²) in [6.07, 6.45) is 9.89. The molecule has 0 bridgehead atoms. The molecule has 0 spiro atoms. The first-order valence-electron chi connectivity index (χ1n) is 9.99. The number of piperidine rings is 2. The monoisotopic (exact) mass is 366 g/mol. The highest BCUT2D eigenvalue weighted by Crippen LogP contribution is 2.33. The van der Waals surface area contributed by atoms with Gasteiger partial charge in [0, 0.05) is 43.0 Å². The largest absolute Gasteiger partial charge is 0.356 e. The fourth-order valence-electron chi connectivity index (χ4n) is 4.19. The van der Waals surface area contributed by atoms with Crippen molar-refractivity contribution >= 4 is 17.4 Å². The number of aromatic nitrogens is 5. The Balaban J connectivity index is 1.56. The molecule has 5 rings (SSSR count). The summed E-state index contributed by atoms with van der Waals surface area (Å²) in [5.41, 5.74) is 3.11. The van der Waals surface area contributed by atoms with Gasteiger partial charge in [0.15, 0.2) is 5.65 Å². The van der Waals surface area contributed by atoms with Crippen LogP contribution in [0.4, 0.5) is 11.8 Å². The Morgan fingerprint density at radius 3 is 2.81 bits per heavy atom. The number of aromatic amines is 1. The highest BCUT2D eigenvalue weighted by atomic mass is 15.4. The molecule has 0 aromatic carbocycles. The van der Waals surface area contributed by atoms with Gasteiger partial charge in [0.05, 0.1) is 6.20 Å². The van der Waals surface area contributed by atoms with Crippen molar-refractivity contribution in [1.29, 1.82) is 0 Å². The molecule has 2 aliphatic heterocycles. The number of hydrogen-bond acceptors (Lipinski definition) is 6. The molecule has 3 aromatic heterocycles. The predicted octanol–water partition coefficient (Wildman–Crippen LogP) is 2.27. The van der Waals surface area contributed by atoms with Crippen molar-refractivity contribution in [3.8, 4) is 11.1 Å². The fourth-order valence-corrected chi connectivity index (χ4v) is 4.19. The van der Waals surface area contributed by atoms with Crippen LogP contribution in [0.3, 0.4) is 0 Å². The van der Waals surface area contributed by atoms with Crippen LogP contribution < -0.4 is 15.5 Å². The second kappa shape index (κ2) is 7.19. The lowest BCUT2D eigenvalue weighted by Gasteiger charge is -2.30. The zero-order valence-corrected chi connectivity index (χ0v) is 15.5. The second-order valence-electron chi connectivity index (χ2n) is 7.50. The Morgan fingerprint density at radius 2 is 2.04 bits per heavy atom. The van der Waals surface area contributed by atoms with E-state index < -0.39 is 0 Å². The van der Waals surface area contributed by atoms with Crippen LogP contribution in [0.5, 0.6) is 0 Å². The maximum atomic E-state index is 4.85. The van der Waals surface area contributed by atoms with Crippen molar-refractivity contribution in [3.05, 3.63) is 24.5 Å². The number of fused-ring (bicyclic) bond motifs is 1. The first-order chi connectivity index (χ1) is 13.4. The number of pyridine rings is 1. The smallest absolute Gasteiger partial charge is 0.243 e. The van der Waals surface area contributed by atoms with Gasteiger partial charge >= 0.3 is 0 Å². The lowest BCUT2D eigenvalue weighted by atomic mass is 10.1. The molecule has 3 N–H and O–H groups in total. The van der Waals surface area contributed by atoms with Crippen LogP contribution in [0.2, 0.25) is 0 Å². The molecule has 0 saturated carbocycles. The quantitative estimate of drug-likeness (QED) is 0.657. The van der Waals surface area contributed by atoms with E-state index in [1.165, 1.54) is 25.7 Å². The van der Waals surface area contributed by atoms with E-state index >= 15 is 0 Å². The van der Waals surface area contributed by atoms with Crippen LogP contribution in [0.1, 0.15) is 32.1 Å². The molecular formula is C19H26N8. The van der Waals surface area contributed by atoms with Crippen molar-refractivity contribution in [1.82, 2.24) is 30.1 Å². The molecule has 5 heterocycles. The number of rotatable bonds is 4. The topological polar surface area (TPSA) is 86.2 Å². The number of H-pyrrole nitrogens is 1. The van der Waals surface area contributed by atoms with Gasteiger partial charge in [-0.2, -0.15) is 14.6 Å². The van der Waals surface area contributed by atoms with Crippen LogP contribution in [-0.4, -0.2) is 57.0 Å². The third-order valence-electron chi connectivity index (χ3n) is 5.57. The lowest BCUT2D eigenvalue weighted by Crippen LogP contribution is -2.38. The van der Waals surface area contributed by atoms with E-state index in [0.29, 0.717) is 12.0 Å². The summed E-state index contributed by atoms with van der Waals surface area (Å²) >= 11 is 0. The molecule has 8 heteroatoms. The molecule has 2 fully saturated rings. The summed E-state index contributed by atoms with van der Waals surface area (Å²) in [7, 11) is 0. The van der Waals surface area contributed by atoms with Crippen molar-refractivity contribution in [2.75, 3.05) is 36.4 Å². The zero-order chi connectivity index (χ0) is 18.1. The summed E-state index contributed by atoms with van der Waals surface area (Å²) in [6, 6.07) is 4.58. The summed E-state index contributed by atoms with van der Waals surface area (Å²) in [5.74, 6) is 1.84. The van der Waals surface area contributed by atoms with E-state index in [1.807, 2.05) is 23.0 Å². The van der Waals surface area contributed by atoms with E-state index in [-0.39, 0.29) is 0 Å². The van der Waals surface area contributed by atoms with E-state index in [0.717, 1.165) is 55.2 Å². The summed E-state index contributed by atoms with van der Waals surface area (Å²) in [6.45, 7) is 4.18. The minimum Gasteiger partial charge on any atom is -0.356 e. The van der Waals surface area contributed by atoms with E-state index in [2.05, 4.69) is 31.8 Å². The highest BCUT2D eigenvalue weighted by Gasteiger charge is 2.22. The lowest BCUT2D eigenvalue weighted by molar-refractivity contribution is 0.478. The molecular weight excluding hydrogens is 340 g/mol. The van der Waals surface area contributed by atoms with E-state index in [1.54, 1.807) is 0 Å². The van der Waals surface area contributed by atoms with Gasteiger partial charge in [-0.1, -0.05) is 0 Å². The molecule has 1 unspecified atom stereocenters. The van der Waals surface area contributed by atoms with Crippen molar-refractivity contribution in [2.45, 2.75) is 38.1 Å². The van der Waals surface area contributed by atoms with Gasteiger partial charge in [-0.05, 0) is 50.8 Å². The number of nitrogens with zero attached hydrogens (tertiary/aromatic N) is 5. The molecule has 3 aromatic rings. The first kappa shape index (κ1) is 16.6. The Bertz CT molecular complexity index is 888. The van der Waals surface area contributed by atoms with Crippen LogP contribution in [0, 0.1) is 0 Å². The van der Waals surface area contributed by atoms with Gasteiger partial charge in [-0.25, -0.2) is 0 Å². The molecule has 2 aliphatic rings. The molecule has 0 radical (unpaired) electrons. The zero-order valence-electron chi connectivity index (χ0n) is 15.5. The molecule has 27 heavy (non-hydrogen) atoms. The Kier molecular flexibility index (Phi) is 4.41. The number of anilines is 2. The van der Waals surface area contributed by atoms with Crippen LogP contribution in [0.25, 0.3) is 16.8 Å². The summed E-state index contributed by atoms with van der Waals surface area (Å²) in [4.78, 5) is 7.19. The average Bonchev–Trinajstić information content (AvgIpc) is 3.38. The third-order valence-corrected chi connectivity index (χ3v) is 5.57. The SMILES string of the molecule is c1n[nH]cc1-c1ccc2nc(NC3CCCNC3)nn2c1N1CCCCC1. The van der Waals surface area contributed by atoms with Gasteiger partial charge in [0.25, 0.3) is 0 Å². The molecule has 1 atom stereocenters. The Hall–Kier alpha value is -2.61. The van der Waals surface area contributed by atoms with Crippen molar-refractivity contribution in [2.24, 2.45) is 0 Å². The van der Waals surface area contributed by atoms with Crippen LogP contribution in [0.15, 0.2) is 24.5 Å². The summed E-state index contributed by atoms with van der Waals surface area (Å²) < 4.78 is 2.01. The Labute approximate surface area is 158 Å². The minimum absolute atomic E-state index is 0.392. The number of nitrogens with one attached hydrogen (secondary N) is 3.